The van der Waals surface area contributed by atoms with Crippen LogP contribution in [0.3, 0.4) is 0 Å². The second-order valence-electron chi connectivity index (χ2n) is 7.60. The normalized spacial score (nSPS) is 20.7. The van der Waals surface area contributed by atoms with Gasteiger partial charge in [-0.15, -0.1) is 11.3 Å². The minimum Gasteiger partial charge on any atom is -0.425 e. The van der Waals surface area contributed by atoms with Gasteiger partial charge in [-0.25, -0.2) is 9.18 Å². The van der Waals surface area contributed by atoms with Gasteiger partial charge in [0.25, 0.3) is 5.91 Å². The topological polar surface area (TPSA) is 108 Å². The molecule has 4 rings (SSSR count). The molecule has 2 N–H and O–H groups in total. The lowest BCUT2D eigenvalue weighted by atomic mass is 10.2. The molecule has 1 aromatic carbocycles. The highest BCUT2D eigenvalue weighted by Gasteiger charge is 2.36. The lowest BCUT2D eigenvalue weighted by Crippen LogP contribution is -2.41. The molecule has 0 saturated carbocycles. The molecule has 180 valence electrons. The maximum Gasteiger partial charge on any atom is 0.413 e. The number of amides is 3. The van der Waals surface area contributed by atoms with Crippen molar-refractivity contribution in [1.82, 2.24) is 4.90 Å². The largest absolute Gasteiger partial charge is 0.425 e. The number of aliphatic hydroxyl groups is 1. The Hall–Kier alpha value is -2.99. The Morgan fingerprint density at radius 2 is 2.15 bits per heavy atom. The standard InChI is InChI=1S/C22H21ClFN3O6S/c23-18-5-2-15(34-18)3-6-19(29)27-11-14(28)10-21(27)33-22(31)25-17-4-1-13(9-16(17)24)26-7-8-32-12-20(26)30/h1-6,9,14,21,28H,7-8,10-12H2,(H,25,31)/b6-3+/t14-,21-/m1/s1. The Bertz CT molecular complexity index is 1130. The van der Waals surface area contributed by atoms with Crippen molar-refractivity contribution in [3.8, 4) is 0 Å². The molecular formula is C22H21ClFN3O6S. The van der Waals surface area contributed by atoms with Gasteiger partial charge in [0, 0.05) is 29.6 Å². The molecule has 2 aliphatic heterocycles. The summed E-state index contributed by atoms with van der Waals surface area (Å²) < 4.78 is 25.5. The number of rotatable bonds is 5. The van der Waals surface area contributed by atoms with E-state index < -0.39 is 30.1 Å². The fraction of sp³-hybridized carbons (Fsp3) is 0.318. The van der Waals surface area contributed by atoms with Crippen molar-refractivity contribution in [2.45, 2.75) is 18.8 Å². The van der Waals surface area contributed by atoms with Gasteiger partial charge in [-0.05, 0) is 36.4 Å². The number of benzene rings is 1. The lowest BCUT2D eigenvalue weighted by molar-refractivity contribution is -0.132. The molecule has 2 atom stereocenters. The summed E-state index contributed by atoms with van der Waals surface area (Å²) in [6, 6.07) is 7.41. The Labute approximate surface area is 203 Å². The third-order valence-corrected chi connectivity index (χ3v) is 6.42. The number of hydrogen-bond acceptors (Lipinski definition) is 7. The summed E-state index contributed by atoms with van der Waals surface area (Å²) >= 11 is 7.17. The maximum absolute atomic E-state index is 14.6. The summed E-state index contributed by atoms with van der Waals surface area (Å²) in [7, 11) is 0. The van der Waals surface area contributed by atoms with Crippen molar-refractivity contribution in [1.29, 1.82) is 0 Å². The van der Waals surface area contributed by atoms with Gasteiger partial charge in [0.15, 0.2) is 6.23 Å². The van der Waals surface area contributed by atoms with E-state index in [0.29, 0.717) is 23.2 Å². The highest BCUT2D eigenvalue weighted by molar-refractivity contribution is 7.17. The predicted octanol–water partition coefficient (Wildman–Crippen LogP) is 3.09. The molecule has 0 aliphatic carbocycles. The van der Waals surface area contributed by atoms with Crippen LogP contribution in [0.2, 0.25) is 4.34 Å². The first kappa shape index (κ1) is 24.1. The molecule has 2 saturated heterocycles. The van der Waals surface area contributed by atoms with Crippen LogP contribution in [0.15, 0.2) is 36.4 Å². The molecule has 2 fully saturated rings. The van der Waals surface area contributed by atoms with Crippen LogP contribution in [0.5, 0.6) is 0 Å². The molecule has 0 spiro atoms. The number of carbonyl (C=O) groups excluding carboxylic acids is 3. The number of hydrogen-bond donors (Lipinski definition) is 2. The van der Waals surface area contributed by atoms with Crippen molar-refractivity contribution < 1.29 is 33.4 Å². The van der Waals surface area contributed by atoms with Gasteiger partial charge in [0.1, 0.15) is 12.4 Å². The highest BCUT2D eigenvalue weighted by Crippen LogP contribution is 2.26. The average Bonchev–Trinajstić information content (AvgIpc) is 3.38. The second kappa shape index (κ2) is 10.5. The summed E-state index contributed by atoms with van der Waals surface area (Å²) in [5.74, 6) is -1.50. The number of likely N-dealkylation sites (tertiary alicyclic amines) is 1. The van der Waals surface area contributed by atoms with Crippen LogP contribution in [-0.4, -0.2) is 66.5 Å². The summed E-state index contributed by atoms with van der Waals surface area (Å²) in [6.45, 7) is 0.558. The number of nitrogens with one attached hydrogen (secondary N) is 1. The van der Waals surface area contributed by atoms with Crippen LogP contribution in [0.4, 0.5) is 20.6 Å². The Kier molecular flexibility index (Phi) is 7.47. The van der Waals surface area contributed by atoms with Crippen LogP contribution in [-0.2, 0) is 19.1 Å². The van der Waals surface area contributed by atoms with Crippen LogP contribution >= 0.6 is 22.9 Å². The summed E-state index contributed by atoms with van der Waals surface area (Å²) in [5.41, 5.74) is 0.194. The number of halogens is 2. The fourth-order valence-electron chi connectivity index (χ4n) is 3.62. The number of aliphatic hydroxyl groups excluding tert-OH is 1. The number of β-amino-alcohol motifs (C(OH)–C–C–N with tert-alkyl or cyclic N) is 1. The van der Waals surface area contributed by atoms with Crippen molar-refractivity contribution in [2.24, 2.45) is 0 Å². The van der Waals surface area contributed by atoms with Gasteiger partial charge in [-0.2, -0.15) is 0 Å². The van der Waals surface area contributed by atoms with Crippen molar-refractivity contribution in [2.75, 3.05) is 36.5 Å². The van der Waals surface area contributed by atoms with Gasteiger partial charge in [-0.3, -0.25) is 14.9 Å². The predicted molar refractivity (Wildman–Crippen MR) is 124 cm³/mol. The number of nitrogens with zero attached hydrogens (tertiary/aromatic N) is 2. The van der Waals surface area contributed by atoms with E-state index in [-0.39, 0.29) is 31.2 Å². The zero-order valence-electron chi connectivity index (χ0n) is 17.8. The molecule has 0 bridgehead atoms. The zero-order valence-corrected chi connectivity index (χ0v) is 19.4. The molecule has 0 radical (unpaired) electrons. The Morgan fingerprint density at radius 1 is 1.32 bits per heavy atom. The Morgan fingerprint density at radius 3 is 2.85 bits per heavy atom. The van der Waals surface area contributed by atoms with E-state index in [1.54, 1.807) is 18.2 Å². The highest BCUT2D eigenvalue weighted by atomic mass is 35.5. The number of morpholine rings is 1. The van der Waals surface area contributed by atoms with Gasteiger partial charge in [-0.1, -0.05) is 11.6 Å². The Balaban J connectivity index is 1.37. The summed E-state index contributed by atoms with van der Waals surface area (Å²) in [4.78, 5) is 40.3. The third kappa shape index (κ3) is 5.73. The van der Waals surface area contributed by atoms with E-state index in [2.05, 4.69) is 5.32 Å². The van der Waals surface area contributed by atoms with Crippen LogP contribution < -0.4 is 10.2 Å². The van der Waals surface area contributed by atoms with Crippen LogP contribution in [0, 0.1) is 5.82 Å². The average molecular weight is 510 g/mol. The molecular weight excluding hydrogens is 489 g/mol. The molecule has 12 heteroatoms. The van der Waals surface area contributed by atoms with Gasteiger partial charge >= 0.3 is 6.09 Å². The van der Waals surface area contributed by atoms with Crippen LogP contribution in [0.1, 0.15) is 11.3 Å². The zero-order chi connectivity index (χ0) is 24.2. The summed E-state index contributed by atoms with van der Waals surface area (Å²) in [6.07, 6.45) is 0.0375. The van der Waals surface area contributed by atoms with E-state index in [0.717, 1.165) is 10.9 Å². The number of thiophene rings is 1. The fourth-order valence-corrected chi connectivity index (χ4v) is 4.58. The minimum absolute atomic E-state index is 0.0110. The van der Waals surface area contributed by atoms with Crippen molar-refractivity contribution >= 4 is 58.3 Å². The quantitative estimate of drug-likeness (QED) is 0.600. The molecule has 0 unspecified atom stereocenters. The minimum atomic E-state index is -1.02. The van der Waals surface area contributed by atoms with Crippen molar-refractivity contribution in [3.05, 3.63) is 51.4 Å². The van der Waals surface area contributed by atoms with Gasteiger partial charge in [0.05, 0.1) is 29.3 Å². The number of anilines is 2. The molecule has 2 aliphatic rings. The SMILES string of the molecule is O=C(Nc1ccc(N2CCOCC2=O)cc1F)O[C@@H]1C[C@@H](O)CN1C(=O)/C=C/c1ccc(Cl)s1. The molecule has 2 aromatic rings. The monoisotopic (exact) mass is 509 g/mol. The van der Waals surface area contributed by atoms with Crippen molar-refractivity contribution in [3.63, 3.8) is 0 Å². The number of ether oxygens (including phenoxy) is 2. The molecule has 3 amide bonds. The van der Waals surface area contributed by atoms with Gasteiger partial charge < -0.3 is 24.4 Å². The first-order chi connectivity index (χ1) is 16.3. The second-order valence-corrected chi connectivity index (χ2v) is 9.35. The van der Waals surface area contributed by atoms with E-state index in [4.69, 9.17) is 21.1 Å². The smallest absolute Gasteiger partial charge is 0.413 e. The van der Waals surface area contributed by atoms with E-state index in [9.17, 15) is 23.9 Å². The van der Waals surface area contributed by atoms with E-state index in [1.165, 1.54) is 39.3 Å². The maximum atomic E-state index is 14.6. The molecule has 3 heterocycles. The number of carbonyl (C=O) groups is 3. The summed E-state index contributed by atoms with van der Waals surface area (Å²) in [5, 5.41) is 12.3. The molecule has 9 nitrogen and oxygen atoms in total. The lowest BCUT2D eigenvalue weighted by Gasteiger charge is -2.27. The molecule has 34 heavy (non-hydrogen) atoms. The van der Waals surface area contributed by atoms with Gasteiger partial charge in [0.2, 0.25) is 5.91 Å². The van der Waals surface area contributed by atoms with E-state index in [1.807, 2.05) is 0 Å². The first-order valence-corrected chi connectivity index (χ1v) is 11.6. The first-order valence-electron chi connectivity index (χ1n) is 10.4. The molecule has 1 aromatic heterocycles. The third-order valence-electron chi connectivity index (χ3n) is 5.23. The van der Waals surface area contributed by atoms with Crippen LogP contribution in [0.25, 0.3) is 6.08 Å². The van der Waals surface area contributed by atoms with E-state index >= 15 is 0 Å².